The third kappa shape index (κ3) is 4.44. The van der Waals surface area contributed by atoms with Crippen LogP contribution in [0.3, 0.4) is 0 Å². The van der Waals surface area contributed by atoms with Gasteiger partial charge in [0, 0.05) is 25.0 Å². The molecule has 4 rings (SSSR count). The Labute approximate surface area is 187 Å². The Morgan fingerprint density at radius 1 is 1.06 bits per heavy atom. The summed E-state index contributed by atoms with van der Waals surface area (Å²) in [6.45, 7) is 6.97. The molecule has 0 saturated heterocycles. The molecule has 0 atom stereocenters. The monoisotopic (exact) mass is 429 g/mol. The number of benzene rings is 3. The molecule has 0 aliphatic carbocycles. The molecule has 0 unspecified atom stereocenters. The molecule has 1 N–H and O–H groups in total. The molecule has 0 aliphatic rings. The second-order valence-corrected chi connectivity index (χ2v) is 7.81. The van der Waals surface area contributed by atoms with E-state index in [1.165, 1.54) is 0 Å². The van der Waals surface area contributed by atoms with E-state index in [1.807, 2.05) is 81.6 Å². The molecule has 164 valence electrons. The third-order valence-corrected chi connectivity index (χ3v) is 5.66. The maximum Gasteiger partial charge on any atom is 0.259 e. The molecule has 0 fully saturated rings. The minimum Gasteiger partial charge on any atom is -0.488 e. The van der Waals surface area contributed by atoms with E-state index in [1.54, 1.807) is 0 Å². The fourth-order valence-corrected chi connectivity index (χ4v) is 3.58. The van der Waals surface area contributed by atoms with E-state index in [9.17, 15) is 4.79 Å². The Bertz CT molecular complexity index is 1240. The standard InChI is InChI=1S/C26H27N3O3/c1-5-29(4)22-12-8-11-21(15-22)27-26(30)23-13-19-9-6-7-10-20(19)14-25(23)31-16-24-17(2)28-32-18(24)3/h6-15H,5,16H2,1-4H3,(H,27,30). The average Bonchev–Trinajstić information content (AvgIpc) is 3.13. The fourth-order valence-electron chi connectivity index (χ4n) is 3.58. The van der Waals surface area contributed by atoms with Crippen molar-refractivity contribution >= 4 is 28.1 Å². The summed E-state index contributed by atoms with van der Waals surface area (Å²) in [5.41, 5.74) is 3.92. The number of carbonyl (C=O) groups excluding carboxylic acids is 1. The summed E-state index contributed by atoms with van der Waals surface area (Å²) >= 11 is 0. The molecular weight excluding hydrogens is 402 g/mol. The zero-order chi connectivity index (χ0) is 22.7. The van der Waals surface area contributed by atoms with Gasteiger partial charge in [-0.15, -0.1) is 0 Å². The van der Waals surface area contributed by atoms with E-state index in [0.29, 0.717) is 17.1 Å². The van der Waals surface area contributed by atoms with E-state index < -0.39 is 0 Å². The number of fused-ring (bicyclic) bond motifs is 1. The number of aromatic nitrogens is 1. The van der Waals surface area contributed by atoms with E-state index in [4.69, 9.17) is 9.26 Å². The zero-order valence-corrected chi connectivity index (χ0v) is 18.8. The molecule has 0 spiro atoms. The molecule has 0 bridgehead atoms. The number of nitrogens with zero attached hydrogens (tertiary/aromatic N) is 2. The topological polar surface area (TPSA) is 67.6 Å². The minimum absolute atomic E-state index is 0.221. The lowest BCUT2D eigenvalue weighted by molar-refractivity contribution is 0.102. The van der Waals surface area contributed by atoms with E-state index in [-0.39, 0.29) is 12.5 Å². The third-order valence-electron chi connectivity index (χ3n) is 5.66. The van der Waals surface area contributed by atoms with Gasteiger partial charge in [0.1, 0.15) is 18.1 Å². The van der Waals surface area contributed by atoms with Gasteiger partial charge in [-0.1, -0.05) is 35.5 Å². The van der Waals surface area contributed by atoms with E-state index in [0.717, 1.165) is 39.9 Å². The van der Waals surface area contributed by atoms with Crippen molar-refractivity contribution in [2.24, 2.45) is 0 Å². The van der Waals surface area contributed by atoms with E-state index in [2.05, 4.69) is 22.3 Å². The Morgan fingerprint density at radius 3 is 2.50 bits per heavy atom. The number of hydrogen-bond acceptors (Lipinski definition) is 5. The van der Waals surface area contributed by atoms with Gasteiger partial charge in [-0.2, -0.15) is 0 Å². The summed E-state index contributed by atoms with van der Waals surface area (Å²) in [6.07, 6.45) is 0. The summed E-state index contributed by atoms with van der Waals surface area (Å²) in [5, 5.41) is 8.98. The van der Waals surface area contributed by atoms with Crippen molar-refractivity contribution in [3.8, 4) is 5.75 Å². The molecule has 3 aromatic carbocycles. The lowest BCUT2D eigenvalue weighted by Crippen LogP contribution is -2.17. The number of carbonyl (C=O) groups is 1. The number of ether oxygens (including phenoxy) is 1. The fraction of sp³-hybridized carbons (Fsp3) is 0.231. The highest BCUT2D eigenvalue weighted by atomic mass is 16.5. The maximum atomic E-state index is 13.3. The van der Waals surface area contributed by atoms with Crippen molar-refractivity contribution in [1.29, 1.82) is 0 Å². The van der Waals surface area contributed by atoms with Crippen molar-refractivity contribution in [2.75, 3.05) is 23.8 Å². The average molecular weight is 430 g/mol. The molecule has 0 radical (unpaired) electrons. The van der Waals surface area contributed by atoms with Crippen LogP contribution in [0.1, 0.15) is 34.3 Å². The number of rotatable bonds is 7. The van der Waals surface area contributed by atoms with Crippen molar-refractivity contribution in [3.05, 3.63) is 83.2 Å². The van der Waals surface area contributed by atoms with Gasteiger partial charge < -0.3 is 19.5 Å². The molecule has 1 amide bonds. The first-order valence-corrected chi connectivity index (χ1v) is 10.7. The number of anilines is 2. The van der Waals surface area contributed by atoms with Crippen LogP contribution in [-0.2, 0) is 6.61 Å². The minimum atomic E-state index is -0.221. The number of amides is 1. The molecule has 0 saturated carbocycles. The van der Waals surface area contributed by atoms with Crippen molar-refractivity contribution < 1.29 is 14.1 Å². The summed E-state index contributed by atoms with van der Waals surface area (Å²) < 4.78 is 11.4. The van der Waals surface area contributed by atoms with Crippen LogP contribution in [-0.4, -0.2) is 24.7 Å². The quantitative estimate of drug-likeness (QED) is 0.406. The molecule has 1 heterocycles. The van der Waals surface area contributed by atoms with Crippen LogP contribution in [0.5, 0.6) is 5.75 Å². The van der Waals surface area contributed by atoms with Gasteiger partial charge >= 0.3 is 0 Å². The largest absolute Gasteiger partial charge is 0.488 e. The van der Waals surface area contributed by atoms with Crippen molar-refractivity contribution in [1.82, 2.24) is 5.16 Å². The van der Waals surface area contributed by atoms with Crippen molar-refractivity contribution in [2.45, 2.75) is 27.4 Å². The molecular formula is C26H27N3O3. The Morgan fingerprint density at radius 2 is 1.81 bits per heavy atom. The Kier molecular flexibility index (Phi) is 6.12. The van der Waals surface area contributed by atoms with Gasteiger partial charge in [0.2, 0.25) is 0 Å². The predicted molar refractivity (Wildman–Crippen MR) is 128 cm³/mol. The molecule has 6 heteroatoms. The highest BCUT2D eigenvalue weighted by Gasteiger charge is 2.17. The second kappa shape index (κ2) is 9.14. The van der Waals surface area contributed by atoms with Gasteiger partial charge in [0.25, 0.3) is 5.91 Å². The second-order valence-electron chi connectivity index (χ2n) is 7.81. The first kappa shape index (κ1) is 21.4. The van der Waals surface area contributed by atoms with E-state index >= 15 is 0 Å². The van der Waals surface area contributed by atoms with Crippen LogP contribution in [0.2, 0.25) is 0 Å². The molecule has 32 heavy (non-hydrogen) atoms. The van der Waals surface area contributed by atoms with Crippen LogP contribution in [0, 0.1) is 13.8 Å². The van der Waals surface area contributed by atoms with Crippen LogP contribution in [0.4, 0.5) is 11.4 Å². The summed E-state index contributed by atoms with van der Waals surface area (Å²) in [6, 6.07) is 19.5. The van der Waals surface area contributed by atoms with Gasteiger partial charge in [-0.3, -0.25) is 4.79 Å². The number of aryl methyl sites for hydroxylation is 2. The summed E-state index contributed by atoms with van der Waals surface area (Å²) in [4.78, 5) is 15.4. The van der Waals surface area contributed by atoms with Crippen LogP contribution in [0.25, 0.3) is 10.8 Å². The summed E-state index contributed by atoms with van der Waals surface area (Å²) in [5.74, 6) is 1.01. The van der Waals surface area contributed by atoms with Crippen LogP contribution in [0.15, 0.2) is 65.2 Å². The highest BCUT2D eigenvalue weighted by Crippen LogP contribution is 2.29. The van der Waals surface area contributed by atoms with Gasteiger partial charge in [-0.25, -0.2) is 0 Å². The lowest BCUT2D eigenvalue weighted by Gasteiger charge is -2.18. The van der Waals surface area contributed by atoms with Gasteiger partial charge in [-0.05, 0) is 61.9 Å². The normalized spacial score (nSPS) is 10.9. The van der Waals surface area contributed by atoms with Crippen LogP contribution < -0.4 is 15.0 Å². The Hall–Kier alpha value is -3.80. The SMILES string of the molecule is CCN(C)c1cccc(NC(=O)c2cc3ccccc3cc2OCc2c(C)noc2C)c1. The summed E-state index contributed by atoms with van der Waals surface area (Å²) in [7, 11) is 2.02. The smallest absolute Gasteiger partial charge is 0.259 e. The molecule has 0 aliphatic heterocycles. The molecule has 6 nitrogen and oxygen atoms in total. The molecule has 4 aromatic rings. The zero-order valence-electron chi connectivity index (χ0n) is 18.8. The first-order valence-electron chi connectivity index (χ1n) is 10.7. The predicted octanol–water partition coefficient (Wildman–Crippen LogP) is 5.73. The number of nitrogens with one attached hydrogen (secondary N) is 1. The Balaban J connectivity index is 1.65. The van der Waals surface area contributed by atoms with Crippen LogP contribution >= 0.6 is 0 Å². The molecule has 1 aromatic heterocycles. The maximum absolute atomic E-state index is 13.3. The van der Waals surface area contributed by atoms with Gasteiger partial charge in [0.15, 0.2) is 0 Å². The number of hydrogen-bond donors (Lipinski definition) is 1. The first-order chi connectivity index (χ1) is 15.5. The van der Waals surface area contributed by atoms with Crippen molar-refractivity contribution in [3.63, 3.8) is 0 Å². The van der Waals surface area contributed by atoms with Gasteiger partial charge in [0.05, 0.1) is 16.8 Å². The lowest BCUT2D eigenvalue weighted by atomic mass is 10.0. The highest BCUT2D eigenvalue weighted by molar-refractivity contribution is 6.08.